The number of aryl methyl sites for hydroxylation is 1. The Morgan fingerprint density at radius 3 is 2.74 bits per heavy atom. The van der Waals surface area contributed by atoms with Crippen LogP contribution in [0.25, 0.3) is 0 Å². The number of carboxylic acids is 1. The van der Waals surface area contributed by atoms with E-state index in [1.165, 1.54) is 0 Å². The van der Waals surface area contributed by atoms with Gasteiger partial charge in [0.25, 0.3) is 5.91 Å². The number of carbonyl (C=O) groups is 2. The first-order chi connectivity index (χ1) is 8.91. The number of carboxylic acid groups (broad SMARTS) is 1. The lowest BCUT2D eigenvalue weighted by Crippen LogP contribution is -2.26. The largest absolute Gasteiger partial charge is 0.481 e. The predicted molar refractivity (Wildman–Crippen MR) is 74.0 cm³/mol. The molecule has 0 aliphatic carbocycles. The van der Waals surface area contributed by atoms with Crippen LogP contribution in [0.1, 0.15) is 35.7 Å². The van der Waals surface area contributed by atoms with E-state index in [2.05, 4.69) is 5.32 Å². The van der Waals surface area contributed by atoms with Crippen molar-refractivity contribution in [2.24, 2.45) is 5.92 Å². The zero-order valence-corrected chi connectivity index (χ0v) is 11.3. The smallest absolute Gasteiger partial charge is 0.306 e. The molecular weight excluding hydrogens is 244 g/mol. The fourth-order valence-corrected chi connectivity index (χ4v) is 1.70. The quantitative estimate of drug-likeness (QED) is 0.539. The Kier molecular flexibility index (Phi) is 5.36. The molecule has 1 aromatic carbocycles. The number of benzene rings is 1. The summed E-state index contributed by atoms with van der Waals surface area (Å²) in [5.74, 6) is -1.42. The minimum atomic E-state index is -0.811. The predicted octanol–water partition coefficient (Wildman–Crippen LogP) is 1.81. The highest BCUT2D eigenvalue weighted by Crippen LogP contribution is 2.13. The van der Waals surface area contributed by atoms with Gasteiger partial charge in [-0.25, -0.2) is 0 Å². The summed E-state index contributed by atoms with van der Waals surface area (Å²) in [6.07, 6.45) is 1.17. The van der Waals surface area contributed by atoms with E-state index in [1.54, 1.807) is 19.1 Å². The van der Waals surface area contributed by atoms with Crippen molar-refractivity contribution in [3.8, 4) is 0 Å². The maximum atomic E-state index is 11.9. The highest BCUT2D eigenvalue weighted by atomic mass is 16.4. The first kappa shape index (κ1) is 15.0. The number of rotatable bonds is 6. The molecule has 0 fully saturated rings. The maximum absolute atomic E-state index is 11.9. The highest BCUT2D eigenvalue weighted by Gasteiger charge is 2.12. The van der Waals surface area contributed by atoms with Crippen molar-refractivity contribution in [2.75, 3.05) is 12.3 Å². The van der Waals surface area contributed by atoms with Crippen LogP contribution in [0.15, 0.2) is 18.2 Å². The van der Waals surface area contributed by atoms with Crippen LogP contribution in [0, 0.1) is 12.8 Å². The van der Waals surface area contributed by atoms with Crippen molar-refractivity contribution in [2.45, 2.75) is 26.7 Å². The Balaban J connectivity index is 2.43. The second-order valence-electron chi connectivity index (χ2n) is 4.73. The molecule has 0 radical (unpaired) electrons. The van der Waals surface area contributed by atoms with E-state index in [9.17, 15) is 9.59 Å². The van der Waals surface area contributed by atoms with Gasteiger partial charge in [0.1, 0.15) is 0 Å². The lowest BCUT2D eigenvalue weighted by Gasteiger charge is -2.09. The van der Waals surface area contributed by atoms with Gasteiger partial charge in [-0.05, 0) is 31.9 Å². The summed E-state index contributed by atoms with van der Waals surface area (Å²) in [5.41, 5.74) is 7.63. The average molecular weight is 264 g/mol. The molecule has 0 saturated heterocycles. The van der Waals surface area contributed by atoms with Gasteiger partial charge >= 0.3 is 5.97 Å². The minimum Gasteiger partial charge on any atom is -0.481 e. The SMILES string of the molecule is Cc1ccc(N)c(C(=O)NCCCC(C)C(=O)O)c1. The van der Waals surface area contributed by atoms with Gasteiger partial charge in [-0.1, -0.05) is 18.6 Å². The third-order valence-electron chi connectivity index (χ3n) is 2.97. The van der Waals surface area contributed by atoms with E-state index in [1.807, 2.05) is 13.0 Å². The van der Waals surface area contributed by atoms with Gasteiger partial charge in [-0.15, -0.1) is 0 Å². The molecule has 4 N–H and O–H groups in total. The van der Waals surface area contributed by atoms with Gasteiger partial charge in [-0.3, -0.25) is 9.59 Å². The summed E-state index contributed by atoms with van der Waals surface area (Å²) >= 11 is 0. The lowest BCUT2D eigenvalue weighted by molar-refractivity contribution is -0.141. The van der Waals surface area contributed by atoms with Crippen molar-refractivity contribution < 1.29 is 14.7 Å². The van der Waals surface area contributed by atoms with Crippen molar-refractivity contribution in [1.29, 1.82) is 0 Å². The van der Waals surface area contributed by atoms with Crippen LogP contribution in [0.2, 0.25) is 0 Å². The van der Waals surface area contributed by atoms with Crippen LogP contribution >= 0.6 is 0 Å². The Hall–Kier alpha value is -2.04. The van der Waals surface area contributed by atoms with E-state index in [4.69, 9.17) is 10.8 Å². The molecule has 0 heterocycles. The molecule has 1 atom stereocenters. The topological polar surface area (TPSA) is 92.4 Å². The monoisotopic (exact) mass is 264 g/mol. The Bertz CT molecular complexity index is 472. The summed E-state index contributed by atoms with van der Waals surface area (Å²) in [6.45, 7) is 4.00. The zero-order valence-electron chi connectivity index (χ0n) is 11.3. The van der Waals surface area contributed by atoms with Crippen LogP contribution in [-0.4, -0.2) is 23.5 Å². The summed E-state index contributed by atoms with van der Waals surface area (Å²) in [4.78, 5) is 22.5. The Labute approximate surface area is 112 Å². The number of carbonyl (C=O) groups excluding carboxylic acids is 1. The second-order valence-corrected chi connectivity index (χ2v) is 4.73. The van der Waals surface area contributed by atoms with E-state index < -0.39 is 5.97 Å². The van der Waals surface area contributed by atoms with Gasteiger partial charge < -0.3 is 16.2 Å². The Morgan fingerprint density at radius 1 is 1.42 bits per heavy atom. The fourth-order valence-electron chi connectivity index (χ4n) is 1.70. The zero-order chi connectivity index (χ0) is 14.4. The third-order valence-corrected chi connectivity index (χ3v) is 2.97. The molecule has 1 aromatic rings. The molecule has 104 valence electrons. The maximum Gasteiger partial charge on any atom is 0.306 e. The number of nitrogen functional groups attached to an aromatic ring is 1. The molecule has 19 heavy (non-hydrogen) atoms. The van der Waals surface area contributed by atoms with E-state index in [0.717, 1.165) is 5.56 Å². The van der Waals surface area contributed by atoms with Crippen LogP contribution < -0.4 is 11.1 Å². The van der Waals surface area contributed by atoms with Crippen molar-refractivity contribution in [1.82, 2.24) is 5.32 Å². The normalized spacial score (nSPS) is 11.9. The fraction of sp³-hybridized carbons (Fsp3) is 0.429. The molecule has 1 rings (SSSR count). The Morgan fingerprint density at radius 2 is 2.11 bits per heavy atom. The summed E-state index contributed by atoms with van der Waals surface area (Å²) in [7, 11) is 0. The van der Waals surface area contributed by atoms with Crippen molar-refractivity contribution in [3.63, 3.8) is 0 Å². The molecule has 0 aromatic heterocycles. The summed E-state index contributed by atoms with van der Waals surface area (Å²) in [5, 5.41) is 11.5. The molecule has 0 saturated carbocycles. The van der Waals surface area contributed by atoms with E-state index in [0.29, 0.717) is 30.6 Å². The molecule has 0 aliphatic rings. The molecule has 5 heteroatoms. The van der Waals surface area contributed by atoms with Crippen molar-refractivity contribution >= 4 is 17.6 Å². The summed E-state index contributed by atoms with van der Waals surface area (Å²) in [6, 6.07) is 5.29. The summed E-state index contributed by atoms with van der Waals surface area (Å²) < 4.78 is 0. The molecule has 0 bridgehead atoms. The van der Waals surface area contributed by atoms with Gasteiger partial charge in [0.15, 0.2) is 0 Å². The van der Waals surface area contributed by atoms with E-state index >= 15 is 0 Å². The van der Waals surface area contributed by atoms with Crippen LogP contribution in [-0.2, 0) is 4.79 Å². The minimum absolute atomic E-state index is 0.218. The van der Waals surface area contributed by atoms with Gasteiger partial charge in [0.05, 0.1) is 11.5 Å². The number of amides is 1. The van der Waals surface area contributed by atoms with Gasteiger partial charge in [-0.2, -0.15) is 0 Å². The number of hydrogen-bond donors (Lipinski definition) is 3. The number of nitrogens with two attached hydrogens (primary N) is 1. The lowest BCUT2D eigenvalue weighted by atomic mass is 10.1. The van der Waals surface area contributed by atoms with Crippen molar-refractivity contribution in [3.05, 3.63) is 29.3 Å². The van der Waals surface area contributed by atoms with Crippen LogP contribution in [0.5, 0.6) is 0 Å². The molecular formula is C14H20N2O3. The average Bonchev–Trinajstić information content (AvgIpc) is 2.36. The first-order valence-corrected chi connectivity index (χ1v) is 6.29. The number of aliphatic carboxylic acids is 1. The molecule has 1 amide bonds. The molecule has 0 spiro atoms. The number of nitrogens with one attached hydrogen (secondary N) is 1. The first-order valence-electron chi connectivity index (χ1n) is 6.29. The highest BCUT2D eigenvalue weighted by molar-refractivity contribution is 5.99. The molecule has 5 nitrogen and oxygen atoms in total. The van der Waals surface area contributed by atoms with Crippen LogP contribution in [0.4, 0.5) is 5.69 Å². The molecule has 1 unspecified atom stereocenters. The second kappa shape index (κ2) is 6.78. The molecule has 0 aliphatic heterocycles. The standard InChI is InChI=1S/C14H20N2O3/c1-9-5-6-12(15)11(8-9)13(17)16-7-3-4-10(2)14(18)19/h5-6,8,10H,3-4,7,15H2,1-2H3,(H,16,17)(H,18,19). The number of hydrogen-bond acceptors (Lipinski definition) is 3. The third kappa shape index (κ3) is 4.62. The number of anilines is 1. The van der Waals surface area contributed by atoms with Crippen LogP contribution in [0.3, 0.4) is 0 Å². The van der Waals surface area contributed by atoms with Gasteiger partial charge in [0.2, 0.25) is 0 Å². The van der Waals surface area contributed by atoms with E-state index in [-0.39, 0.29) is 11.8 Å². The van der Waals surface area contributed by atoms with Gasteiger partial charge in [0, 0.05) is 12.2 Å².